The number of nitrogens with one attached hydrogen (secondary N) is 1. The van der Waals surface area contributed by atoms with Crippen LogP contribution in [0.5, 0.6) is 0 Å². The summed E-state index contributed by atoms with van der Waals surface area (Å²) in [4.78, 5) is 4.51. The predicted octanol–water partition coefficient (Wildman–Crippen LogP) is 4.19. The summed E-state index contributed by atoms with van der Waals surface area (Å²) < 4.78 is 15.4. The highest BCUT2D eigenvalue weighted by Crippen LogP contribution is 2.32. The molecule has 1 aliphatic rings. The second-order valence-electron chi connectivity index (χ2n) is 5.19. The number of hydrogen-bond donors (Lipinski definition) is 1. The Balaban J connectivity index is 1.87. The lowest BCUT2D eigenvalue weighted by Crippen LogP contribution is -2.07. The molecule has 0 radical (unpaired) electrons. The van der Waals surface area contributed by atoms with Crippen LogP contribution in [0.15, 0.2) is 30.5 Å². The molecule has 1 heterocycles. The number of anilines is 2. The van der Waals surface area contributed by atoms with Crippen molar-refractivity contribution in [2.45, 2.75) is 38.6 Å². The second-order valence-corrected chi connectivity index (χ2v) is 5.19. The van der Waals surface area contributed by atoms with Crippen LogP contribution in [0.3, 0.4) is 0 Å². The molecule has 0 unspecified atom stereocenters. The number of imidazole rings is 1. The van der Waals surface area contributed by atoms with Crippen molar-refractivity contribution in [2.24, 2.45) is 0 Å². The number of aromatic nitrogens is 2. The second kappa shape index (κ2) is 5.03. The molecular weight excluding hydrogens is 241 g/mol. The minimum absolute atomic E-state index is 0.235. The Morgan fingerprint density at radius 3 is 2.84 bits per heavy atom. The molecule has 1 aliphatic carbocycles. The molecule has 0 atom stereocenters. The molecule has 4 heteroatoms. The molecule has 100 valence electrons. The zero-order valence-corrected chi connectivity index (χ0v) is 11.1. The van der Waals surface area contributed by atoms with Crippen molar-refractivity contribution < 1.29 is 4.39 Å². The van der Waals surface area contributed by atoms with Gasteiger partial charge in [0, 0.05) is 17.9 Å². The van der Waals surface area contributed by atoms with Gasteiger partial charge in [-0.3, -0.25) is 0 Å². The molecule has 19 heavy (non-hydrogen) atoms. The molecule has 3 rings (SSSR count). The molecule has 1 aromatic carbocycles. The zero-order valence-electron chi connectivity index (χ0n) is 11.1. The zero-order chi connectivity index (χ0) is 13.2. The van der Waals surface area contributed by atoms with E-state index in [9.17, 15) is 4.39 Å². The highest BCUT2D eigenvalue weighted by atomic mass is 19.1. The third-order valence-electron chi connectivity index (χ3n) is 3.65. The number of aryl methyl sites for hydroxylation is 1. The maximum atomic E-state index is 13.2. The van der Waals surface area contributed by atoms with Gasteiger partial charge in [0.25, 0.3) is 0 Å². The molecule has 2 aromatic rings. The van der Waals surface area contributed by atoms with E-state index >= 15 is 0 Å². The Morgan fingerprint density at radius 1 is 1.32 bits per heavy atom. The number of nitrogens with zero attached hydrogens (tertiary/aromatic N) is 2. The van der Waals surface area contributed by atoms with Crippen LogP contribution in [0.4, 0.5) is 16.0 Å². The van der Waals surface area contributed by atoms with E-state index in [1.165, 1.54) is 37.8 Å². The van der Waals surface area contributed by atoms with Gasteiger partial charge in [-0.15, -0.1) is 0 Å². The standard InChI is InChI=1S/C15H18FN3/c1-11-10-19(14-7-2-3-8-14)15(17-11)18-13-6-4-5-12(16)9-13/h4-6,9-10,14H,2-3,7-8H2,1H3,(H,17,18). The van der Waals surface area contributed by atoms with Gasteiger partial charge in [0.1, 0.15) is 5.82 Å². The van der Waals surface area contributed by atoms with Gasteiger partial charge in [0.05, 0.1) is 5.69 Å². The van der Waals surface area contributed by atoms with Gasteiger partial charge in [-0.05, 0) is 38.0 Å². The minimum atomic E-state index is -0.235. The fraction of sp³-hybridized carbons (Fsp3) is 0.400. The summed E-state index contributed by atoms with van der Waals surface area (Å²) in [6, 6.07) is 7.01. The summed E-state index contributed by atoms with van der Waals surface area (Å²) in [5.74, 6) is 0.579. The van der Waals surface area contributed by atoms with E-state index < -0.39 is 0 Å². The van der Waals surface area contributed by atoms with Crippen LogP contribution in [-0.4, -0.2) is 9.55 Å². The molecule has 1 N–H and O–H groups in total. The van der Waals surface area contributed by atoms with Gasteiger partial charge >= 0.3 is 0 Å². The molecule has 0 spiro atoms. The third-order valence-corrected chi connectivity index (χ3v) is 3.65. The number of benzene rings is 1. The minimum Gasteiger partial charge on any atom is -0.325 e. The van der Waals surface area contributed by atoms with E-state index in [4.69, 9.17) is 0 Å². The summed E-state index contributed by atoms with van der Waals surface area (Å²) in [5, 5.41) is 3.22. The van der Waals surface area contributed by atoms with Crippen molar-refractivity contribution in [2.75, 3.05) is 5.32 Å². The van der Waals surface area contributed by atoms with Crippen LogP contribution in [0.25, 0.3) is 0 Å². The third kappa shape index (κ3) is 2.62. The summed E-state index contributed by atoms with van der Waals surface area (Å²) in [7, 11) is 0. The van der Waals surface area contributed by atoms with Crippen LogP contribution in [0, 0.1) is 12.7 Å². The Morgan fingerprint density at radius 2 is 2.11 bits per heavy atom. The normalized spacial score (nSPS) is 15.9. The fourth-order valence-electron chi connectivity index (χ4n) is 2.76. The predicted molar refractivity (Wildman–Crippen MR) is 74.2 cm³/mol. The largest absolute Gasteiger partial charge is 0.325 e. The Kier molecular flexibility index (Phi) is 3.23. The first-order chi connectivity index (χ1) is 9.22. The van der Waals surface area contributed by atoms with Crippen LogP contribution in [0.2, 0.25) is 0 Å². The quantitative estimate of drug-likeness (QED) is 0.895. The molecular formula is C15H18FN3. The van der Waals surface area contributed by atoms with E-state index in [0.29, 0.717) is 6.04 Å². The lowest BCUT2D eigenvalue weighted by Gasteiger charge is -2.15. The van der Waals surface area contributed by atoms with Crippen molar-refractivity contribution in [3.8, 4) is 0 Å². The van der Waals surface area contributed by atoms with E-state index in [2.05, 4.69) is 21.1 Å². The van der Waals surface area contributed by atoms with Gasteiger partial charge in [-0.25, -0.2) is 9.37 Å². The highest BCUT2D eigenvalue weighted by Gasteiger charge is 2.20. The molecule has 3 nitrogen and oxygen atoms in total. The van der Waals surface area contributed by atoms with Gasteiger partial charge < -0.3 is 9.88 Å². The molecule has 1 aromatic heterocycles. The van der Waals surface area contributed by atoms with Gasteiger partial charge in [0.2, 0.25) is 5.95 Å². The van der Waals surface area contributed by atoms with Crippen molar-refractivity contribution in [3.63, 3.8) is 0 Å². The summed E-state index contributed by atoms with van der Waals surface area (Å²) >= 11 is 0. The van der Waals surface area contributed by atoms with Crippen LogP contribution in [0.1, 0.15) is 37.4 Å². The van der Waals surface area contributed by atoms with Crippen molar-refractivity contribution in [1.82, 2.24) is 9.55 Å². The van der Waals surface area contributed by atoms with Crippen LogP contribution < -0.4 is 5.32 Å². The first-order valence-corrected chi connectivity index (χ1v) is 6.80. The number of halogens is 1. The molecule has 1 fully saturated rings. The SMILES string of the molecule is Cc1cn(C2CCCC2)c(Nc2cccc(F)c2)n1. The Hall–Kier alpha value is -1.84. The first-order valence-electron chi connectivity index (χ1n) is 6.80. The molecule has 0 saturated heterocycles. The Labute approximate surface area is 112 Å². The first kappa shape index (κ1) is 12.2. The van der Waals surface area contributed by atoms with Crippen molar-refractivity contribution in [1.29, 1.82) is 0 Å². The average Bonchev–Trinajstić information content (AvgIpc) is 2.98. The van der Waals surface area contributed by atoms with Crippen LogP contribution in [-0.2, 0) is 0 Å². The van der Waals surface area contributed by atoms with E-state index in [1.807, 2.05) is 13.0 Å². The lowest BCUT2D eigenvalue weighted by molar-refractivity contribution is 0.524. The Bertz CT molecular complexity index is 571. The molecule has 0 aliphatic heterocycles. The van der Waals surface area contributed by atoms with E-state index in [0.717, 1.165) is 17.3 Å². The van der Waals surface area contributed by atoms with Gasteiger partial charge in [-0.1, -0.05) is 18.9 Å². The molecule has 0 bridgehead atoms. The average molecular weight is 259 g/mol. The van der Waals surface area contributed by atoms with Crippen molar-refractivity contribution >= 4 is 11.6 Å². The van der Waals surface area contributed by atoms with Gasteiger partial charge in [-0.2, -0.15) is 0 Å². The number of hydrogen-bond acceptors (Lipinski definition) is 2. The summed E-state index contributed by atoms with van der Waals surface area (Å²) in [5.41, 5.74) is 1.73. The summed E-state index contributed by atoms with van der Waals surface area (Å²) in [6.07, 6.45) is 7.04. The lowest BCUT2D eigenvalue weighted by atomic mass is 10.2. The van der Waals surface area contributed by atoms with Crippen LogP contribution >= 0.6 is 0 Å². The van der Waals surface area contributed by atoms with Gasteiger partial charge in [0.15, 0.2) is 0 Å². The highest BCUT2D eigenvalue weighted by molar-refractivity contribution is 5.54. The maximum absolute atomic E-state index is 13.2. The topological polar surface area (TPSA) is 29.9 Å². The fourth-order valence-corrected chi connectivity index (χ4v) is 2.76. The van der Waals surface area contributed by atoms with E-state index in [1.54, 1.807) is 6.07 Å². The number of rotatable bonds is 3. The smallest absolute Gasteiger partial charge is 0.207 e. The molecule has 1 saturated carbocycles. The summed E-state index contributed by atoms with van der Waals surface area (Å²) in [6.45, 7) is 1.99. The van der Waals surface area contributed by atoms with Crippen molar-refractivity contribution in [3.05, 3.63) is 42.0 Å². The van der Waals surface area contributed by atoms with E-state index in [-0.39, 0.29) is 5.82 Å². The molecule has 0 amide bonds. The monoisotopic (exact) mass is 259 g/mol. The maximum Gasteiger partial charge on any atom is 0.207 e.